The molecule has 1 fully saturated rings. The first-order valence-corrected chi connectivity index (χ1v) is 10.7. The topological polar surface area (TPSA) is 60.4 Å². The number of guanidine groups is 1. The summed E-state index contributed by atoms with van der Waals surface area (Å²) >= 11 is 0. The maximum absolute atomic E-state index is 12.5. The number of ether oxygens (including phenoxy) is 1. The number of nitrogens with one attached hydrogen (secondary N) is 1. The van der Waals surface area contributed by atoms with Crippen LogP contribution in [0, 0.1) is 0 Å². The minimum absolute atomic E-state index is 0.121. The summed E-state index contributed by atoms with van der Waals surface area (Å²) < 4.78 is 5.54. The van der Waals surface area contributed by atoms with Crippen molar-refractivity contribution in [2.75, 3.05) is 66.1 Å². The van der Waals surface area contributed by atoms with Gasteiger partial charge in [-0.05, 0) is 26.3 Å². The number of hydrogen-bond acceptors (Lipinski definition) is 4. The number of morpholine rings is 1. The fourth-order valence-electron chi connectivity index (χ4n) is 3.59. The smallest absolute Gasteiger partial charge is 0.242 e. The molecule has 1 aliphatic heterocycles. The van der Waals surface area contributed by atoms with Crippen molar-refractivity contribution in [1.82, 2.24) is 20.0 Å². The van der Waals surface area contributed by atoms with Crippen LogP contribution in [0.2, 0.25) is 0 Å². The minimum atomic E-state index is 0.121. The highest BCUT2D eigenvalue weighted by atomic mass is 16.5. The Hall–Kier alpha value is -2.12. The molecule has 1 N–H and O–H groups in total. The van der Waals surface area contributed by atoms with Crippen LogP contribution in [-0.4, -0.2) is 92.6 Å². The van der Waals surface area contributed by atoms with Gasteiger partial charge in [0.25, 0.3) is 0 Å². The molecule has 0 bridgehead atoms. The van der Waals surface area contributed by atoms with E-state index in [0.717, 1.165) is 51.9 Å². The number of hydrogen-bond donors (Lipinski definition) is 1. The molecule has 2 rings (SSSR count). The van der Waals surface area contributed by atoms with Gasteiger partial charge in [0.2, 0.25) is 5.91 Å². The summed E-state index contributed by atoms with van der Waals surface area (Å²) in [4.78, 5) is 23.6. The van der Waals surface area contributed by atoms with Crippen molar-refractivity contribution >= 4 is 11.9 Å². The van der Waals surface area contributed by atoms with E-state index in [0.29, 0.717) is 13.1 Å². The normalized spacial score (nSPS) is 16.3. The Labute approximate surface area is 175 Å². The molecule has 1 saturated heterocycles. The molecule has 1 amide bonds. The number of likely N-dealkylation sites (N-methyl/N-ethyl adjacent to an activating group) is 2. The van der Waals surface area contributed by atoms with Crippen molar-refractivity contribution < 1.29 is 9.53 Å². The maximum atomic E-state index is 12.5. The fourth-order valence-corrected chi connectivity index (χ4v) is 3.59. The Morgan fingerprint density at radius 1 is 1.17 bits per heavy atom. The van der Waals surface area contributed by atoms with Crippen LogP contribution in [0.3, 0.4) is 0 Å². The highest BCUT2D eigenvalue weighted by Gasteiger charge is 2.23. The van der Waals surface area contributed by atoms with Gasteiger partial charge >= 0.3 is 0 Å². The van der Waals surface area contributed by atoms with Gasteiger partial charge in [-0.1, -0.05) is 30.3 Å². The Balaban J connectivity index is 2.14. The van der Waals surface area contributed by atoms with Crippen LogP contribution >= 0.6 is 0 Å². The lowest BCUT2D eigenvalue weighted by atomic mass is 10.1. The van der Waals surface area contributed by atoms with E-state index < -0.39 is 0 Å². The molecule has 1 unspecified atom stereocenters. The molecule has 7 nitrogen and oxygen atoms in total. The van der Waals surface area contributed by atoms with Crippen LogP contribution in [-0.2, 0) is 9.53 Å². The minimum Gasteiger partial charge on any atom is -0.379 e. The van der Waals surface area contributed by atoms with Crippen LogP contribution in [0.15, 0.2) is 35.3 Å². The molecule has 7 heteroatoms. The molecular formula is C22H37N5O2. The van der Waals surface area contributed by atoms with Gasteiger partial charge in [-0.25, -0.2) is 0 Å². The van der Waals surface area contributed by atoms with Crippen molar-refractivity contribution in [2.45, 2.75) is 26.8 Å². The lowest BCUT2D eigenvalue weighted by Crippen LogP contribution is -2.46. The van der Waals surface area contributed by atoms with Gasteiger partial charge in [0.15, 0.2) is 5.96 Å². The standard InChI is InChI=1S/C22H37N5O2/c1-5-23-22(25(4)18-21(28)26(6-2)7-3)24-17-20(19-11-9-8-10-12-19)27-13-15-29-16-14-27/h8-12,20H,5-7,13-18H2,1-4H3,(H,23,24). The van der Waals surface area contributed by atoms with Crippen LogP contribution in [0.4, 0.5) is 0 Å². The van der Waals surface area contributed by atoms with Crippen LogP contribution < -0.4 is 5.32 Å². The van der Waals surface area contributed by atoms with E-state index in [-0.39, 0.29) is 11.9 Å². The maximum Gasteiger partial charge on any atom is 0.242 e. The van der Waals surface area contributed by atoms with Crippen molar-refractivity contribution in [1.29, 1.82) is 0 Å². The third-order valence-electron chi connectivity index (χ3n) is 5.27. The molecule has 0 saturated carbocycles. The molecule has 1 aromatic carbocycles. The molecule has 0 spiro atoms. The van der Waals surface area contributed by atoms with Crippen LogP contribution in [0.25, 0.3) is 0 Å². The van der Waals surface area contributed by atoms with E-state index in [2.05, 4.69) is 34.5 Å². The SMILES string of the molecule is CCNC(=NCC(c1ccccc1)N1CCOCC1)N(C)CC(=O)N(CC)CC. The first-order valence-electron chi connectivity index (χ1n) is 10.7. The van der Waals surface area contributed by atoms with Crippen molar-refractivity contribution in [3.63, 3.8) is 0 Å². The molecule has 1 aromatic rings. The first kappa shape index (κ1) is 23.2. The number of carbonyl (C=O) groups is 1. The summed E-state index contributed by atoms with van der Waals surface area (Å²) in [5.41, 5.74) is 1.26. The Morgan fingerprint density at radius 3 is 2.41 bits per heavy atom. The summed E-state index contributed by atoms with van der Waals surface area (Å²) in [6.45, 7) is 12.6. The monoisotopic (exact) mass is 403 g/mol. The lowest BCUT2D eigenvalue weighted by Gasteiger charge is -2.34. The number of benzene rings is 1. The quantitative estimate of drug-likeness (QED) is 0.504. The van der Waals surface area contributed by atoms with E-state index in [4.69, 9.17) is 9.73 Å². The van der Waals surface area contributed by atoms with Gasteiger partial charge in [-0.2, -0.15) is 0 Å². The Morgan fingerprint density at radius 2 is 1.83 bits per heavy atom. The molecule has 162 valence electrons. The third-order valence-corrected chi connectivity index (χ3v) is 5.27. The second kappa shape index (κ2) is 12.4. The van der Waals surface area contributed by atoms with E-state index in [1.165, 1.54) is 5.56 Å². The van der Waals surface area contributed by atoms with Crippen molar-refractivity contribution in [3.05, 3.63) is 35.9 Å². The molecule has 0 aliphatic carbocycles. The zero-order valence-electron chi connectivity index (χ0n) is 18.4. The molecule has 0 radical (unpaired) electrons. The van der Waals surface area contributed by atoms with E-state index in [9.17, 15) is 4.79 Å². The van der Waals surface area contributed by atoms with Gasteiger partial charge in [0, 0.05) is 39.8 Å². The van der Waals surface area contributed by atoms with Crippen LogP contribution in [0.5, 0.6) is 0 Å². The largest absolute Gasteiger partial charge is 0.379 e. The number of amides is 1. The van der Waals surface area contributed by atoms with Gasteiger partial charge in [-0.15, -0.1) is 0 Å². The molecular weight excluding hydrogens is 366 g/mol. The summed E-state index contributed by atoms with van der Waals surface area (Å²) in [7, 11) is 1.93. The molecule has 29 heavy (non-hydrogen) atoms. The fraction of sp³-hybridized carbons (Fsp3) is 0.636. The predicted molar refractivity (Wildman–Crippen MR) is 118 cm³/mol. The number of rotatable bonds is 9. The average molecular weight is 404 g/mol. The first-order chi connectivity index (χ1) is 14.1. The van der Waals surface area contributed by atoms with Gasteiger partial charge in [0.05, 0.1) is 32.3 Å². The zero-order chi connectivity index (χ0) is 21.1. The lowest BCUT2D eigenvalue weighted by molar-refractivity contribution is -0.131. The van der Waals surface area contributed by atoms with Crippen molar-refractivity contribution in [3.8, 4) is 0 Å². The molecule has 1 aliphatic rings. The summed E-state index contributed by atoms with van der Waals surface area (Å²) in [6, 6.07) is 10.7. The van der Waals surface area contributed by atoms with E-state index in [1.54, 1.807) is 0 Å². The van der Waals surface area contributed by atoms with Crippen molar-refractivity contribution in [2.24, 2.45) is 4.99 Å². The number of nitrogens with zero attached hydrogens (tertiary/aromatic N) is 4. The highest BCUT2D eigenvalue weighted by molar-refractivity contribution is 5.86. The highest BCUT2D eigenvalue weighted by Crippen LogP contribution is 2.22. The second-order valence-corrected chi connectivity index (χ2v) is 7.19. The second-order valence-electron chi connectivity index (χ2n) is 7.19. The Bertz CT molecular complexity index is 627. The molecule has 1 atom stereocenters. The van der Waals surface area contributed by atoms with Gasteiger partial charge in [-0.3, -0.25) is 14.7 Å². The van der Waals surface area contributed by atoms with Crippen LogP contribution in [0.1, 0.15) is 32.4 Å². The Kier molecular flexibility index (Phi) is 9.94. The summed E-state index contributed by atoms with van der Waals surface area (Å²) in [6.07, 6.45) is 0. The van der Waals surface area contributed by atoms with Gasteiger partial charge < -0.3 is 19.9 Å². The number of aliphatic imine (C=N–C) groups is 1. The number of carbonyl (C=O) groups excluding carboxylic acids is 1. The third kappa shape index (κ3) is 7.01. The summed E-state index contributed by atoms with van der Waals surface area (Å²) in [5, 5.41) is 3.33. The average Bonchev–Trinajstić information content (AvgIpc) is 2.75. The van der Waals surface area contributed by atoms with Gasteiger partial charge in [0.1, 0.15) is 0 Å². The predicted octanol–water partition coefficient (Wildman–Crippen LogP) is 1.83. The van der Waals surface area contributed by atoms with E-state index >= 15 is 0 Å². The summed E-state index contributed by atoms with van der Waals surface area (Å²) in [5.74, 6) is 0.887. The molecule has 1 heterocycles. The zero-order valence-corrected chi connectivity index (χ0v) is 18.4. The molecule has 0 aromatic heterocycles. The van der Waals surface area contributed by atoms with E-state index in [1.807, 2.05) is 43.7 Å².